The molecule has 0 bridgehead atoms. The Balaban J connectivity index is 3.38. The maximum atomic E-state index is 7.80. The van der Waals surface area contributed by atoms with Crippen LogP contribution in [-0.2, 0) is 0 Å². The maximum Gasteiger partial charge on any atom is 0.0528 e. The Morgan fingerprint density at radius 1 is 1.89 bits per heavy atom. The van der Waals surface area contributed by atoms with Crippen LogP contribution in [0.2, 0.25) is 0 Å². The normalized spacial score (nSPS) is 26.1. The molecule has 1 nitrogen and oxygen atoms in total. The zero-order chi connectivity index (χ0) is 12.8. The van der Waals surface area contributed by atoms with Gasteiger partial charge in [0, 0.05) is 31.1 Å². The van der Waals surface area contributed by atoms with Crippen molar-refractivity contribution in [2.24, 2.45) is 0 Å². The van der Waals surface area contributed by atoms with Crippen LogP contribution < -0.4 is 0 Å². The fraction of sp³-hybridized carbons (Fsp3) is 0.429. The Labute approximate surface area is 73.6 Å². The lowest BCUT2D eigenvalue weighted by molar-refractivity contribution is 0.603. The van der Waals surface area contributed by atoms with Gasteiger partial charge in [-0.15, -0.1) is 0 Å². The number of hydrogen-bond acceptors (Lipinski definition) is 0. The topological polar surface area (TPSA) is 4.93 Å². The summed E-state index contributed by atoms with van der Waals surface area (Å²) < 4.78 is 52.6. The van der Waals surface area contributed by atoms with E-state index in [1.807, 2.05) is 0 Å². The predicted octanol–water partition coefficient (Wildman–Crippen LogP) is 2.83. The van der Waals surface area contributed by atoms with Gasteiger partial charge in [0.1, 0.15) is 0 Å². The van der Waals surface area contributed by atoms with Crippen LogP contribution in [0.1, 0.15) is 29.3 Å². The summed E-state index contributed by atoms with van der Waals surface area (Å²) >= 11 is 3.09. The van der Waals surface area contributed by atoms with Gasteiger partial charge in [-0.25, -0.2) is 0 Å². The molecule has 0 saturated heterocycles. The van der Waals surface area contributed by atoms with Gasteiger partial charge in [-0.3, -0.25) is 0 Å². The van der Waals surface area contributed by atoms with Crippen LogP contribution in [0.3, 0.4) is 0 Å². The van der Waals surface area contributed by atoms with E-state index in [1.54, 1.807) is 0 Å². The van der Waals surface area contributed by atoms with Crippen molar-refractivity contribution in [3.63, 3.8) is 0 Å². The number of nitrogens with zero attached hydrogens (tertiary/aromatic N) is 1. The number of aromatic nitrogens is 1. The van der Waals surface area contributed by atoms with Crippen LogP contribution >= 0.6 is 15.9 Å². The lowest BCUT2D eigenvalue weighted by Crippen LogP contribution is -1.94. The summed E-state index contributed by atoms with van der Waals surface area (Å²) in [5.74, 6) is 0. The molecule has 0 amide bonds. The smallest absolute Gasteiger partial charge is 0.0528 e. The average Bonchev–Trinajstić information content (AvgIpc) is 2.46. The fourth-order valence-corrected chi connectivity index (χ4v) is 0.848. The third-order valence-corrected chi connectivity index (χ3v) is 1.38. The first-order valence-corrected chi connectivity index (χ1v) is 3.13. The molecule has 0 aliphatic heterocycles. The summed E-state index contributed by atoms with van der Waals surface area (Å²) in [4.78, 5) is 0. The maximum absolute atomic E-state index is 7.80. The minimum atomic E-state index is -2.95. The van der Waals surface area contributed by atoms with Crippen molar-refractivity contribution in [1.82, 2.24) is 4.57 Å². The minimum absolute atomic E-state index is 0.526. The number of halogens is 1. The van der Waals surface area contributed by atoms with Gasteiger partial charge in [-0.1, -0.05) is 0 Å². The molecular formula is C7H10BrN. The van der Waals surface area contributed by atoms with E-state index in [0.29, 0.717) is 4.47 Å². The van der Waals surface area contributed by atoms with Crippen LogP contribution in [-0.4, -0.2) is 4.57 Å². The van der Waals surface area contributed by atoms with E-state index in [2.05, 4.69) is 15.9 Å². The van der Waals surface area contributed by atoms with Crippen molar-refractivity contribution in [3.8, 4) is 0 Å². The molecule has 0 spiro atoms. The van der Waals surface area contributed by atoms with E-state index in [0.717, 1.165) is 4.57 Å². The first-order chi connectivity index (χ1) is 7.00. The Bertz CT molecular complexity index is 363. The molecule has 0 aliphatic carbocycles. The standard InChI is InChI=1S/C7H10BrN/c1-6(2)9-4-3-7(8)5-9/h3-6H,1-2H3/i1D3,2D3,6D. The second-order valence-corrected chi connectivity index (χ2v) is 2.50. The molecule has 0 radical (unpaired) electrons. The molecule has 0 aromatic carbocycles. The molecule has 0 unspecified atom stereocenters. The summed E-state index contributed by atoms with van der Waals surface area (Å²) in [5, 5.41) is 0. The summed E-state index contributed by atoms with van der Waals surface area (Å²) in [6.07, 6.45) is 2.53. The number of rotatable bonds is 1. The SMILES string of the molecule is [2H]C([2H])([2H])C([2H])(n1ccc(Br)c1)C([2H])([2H])[2H]. The van der Waals surface area contributed by atoms with Crippen LogP contribution in [0.15, 0.2) is 22.9 Å². The van der Waals surface area contributed by atoms with Crippen molar-refractivity contribution < 1.29 is 9.60 Å². The highest BCUT2D eigenvalue weighted by Crippen LogP contribution is 2.12. The van der Waals surface area contributed by atoms with E-state index >= 15 is 0 Å². The highest BCUT2D eigenvalue weighted by atomic mass is 79.9. The summed E-state index contributed by atoms with van der Waals surface area (Å²) in [6, 6.07) is -1.19. The van der Waals surface area contributed by atoms with Crippen LogP contribution in [0.25, 0.3) is 0 Å². The number of hydrogen-bond donors (Lipinski definition) is 0. The largest absolute Gasteiger partial charge is 0.351 e. The van der Waals surface area contributed by atoms with Crippen molar-refractivity contribution in [1.29, 1.82) is 0 Å². The summed E-state index contributed by atoms with van der Waals surface area (Å²) in [7, 11) is 0. The Morgan fingerprint density at radius 2 is 2.67 bits per heavy atom. The molecule has 50 valence electrons. The average molecular weight is 195 g/mol. The summed E-state index contributed by atoms with van der Waals surface area (Å²) in [5.41, 5.74) is 0. The highest BCUT2D eigenvalue weighted by molar-refractivity contribution is 9.10. The van der Waals surface area contributed by atoms with Crippen LogP contribution in [0, 0.1) is 0 Å². The van der Waals surface area contributed by atoms with E-state index < -0.39 is 19.7 Å². The molecule has 0 N–H and O–H groups in total. The van der Waals surface area contributed by atoms with E-state index in [1.165, 1.54) is 18.5 Å². The third kappa shape index (κ3) is 1.58. The van der Waals surface area contributed by atoms with Gasteiger partial charge < -0.3 is 4.57 Å². The van der Waals surface area contributed by atoms with Gasteiger partial charge in [-0.05, 0) is 35.7 Å². The summed E-state index contributed by atoms with van der Waals surface area (Å²) in [6.45, 7) is -5.90. The third-order valence-electron chi connectivity index (χ3n) is 0.915. The predicted molar refractivity (Wildman–Crippen MR) is 42.5 cm³/mol. The second kappa shape index (κ2) is 2.56. The molecule has 0 fully saturated rings. The molecule has 1 aromatic heterocycles. The minimum Gasteiger partial charge on any atom is -0.351 e. The van der Waals surface area contributed by atoms with E-state index in [4.69, 9.17) is 9.60 Å². The first kappa shape index (κ1) is 2.12. The fourth-order valence-electron chi connectivity index (χ4n) is 0.510. The molecule has 2 heteroatoms. The molecular weight excluding hydrogens is 178 g/mol. The monoisotopic (exact) mass is 194 g/mol. The zero-order valence-corrected chi connectivity index (χ0v) is 6.14. The quantitative estimate of drug-likeness (QED) is 0.649. The van der Waals surface area contributed by atoms with Gasteiger partial charge in [-0.2, -0.15) is 0 Å². The van der Waals surface area contributed by atoms with Gasteiger partial charge in [0.05, 0.1) is 1.37 Å². The Morgan fingerprint density at radius 3 is 3.11 bits per heavy atom. The van der Waals surface area contributed by atoms with Gasteiger partial charge in [0.2, 0.25) is 0 Å². The lowest BCUT2D eigenvalue weighted by Gasteiger charge is -2.04. The molecule has 0 atom stereocenters. The van der Waals surface area contributed by atoms with Crippen LogP contribution in [0.4, 0.5) is 0 Å². The Hall–Kier alpha value is -0.240. The zero-order valence-electron chi connectivity index (χ0n) is 11.6. The Kier molecular flexibility index (Phi) is 0.605. The molecule has 1 heterocycles. The van der Waals surface area contributed by atoms with Gasteiger partial charge in [0.15, 0.2) is 0 Å². The van der Waals surface area contributed by atoms with Gasteiger partial charge >= 0.3 is 0 Å². The van der Waals surface area contributed by atoms with Crippen molar-refractivity contribution in [3.05, 3.63) is 22.9 Å². The molecule has 9 heavy (non-hydrogen) atoms. The molecule has 0 saturated carbocycles. The van der Waals surface area contributed by atoms with Crippen LogP contribution in [0.5, 0.6) is 0 Å². The second-order valence-electron chi connectivity index (χ2n) is 1.59. The van der Waals surface area contributed by atoms with Crippen molar-refractivity contribution >= 4 is 15.9 Å². The molecule has 1 rings (SSSR count). The molecule has 1 aromatic rings. The molecule has 0 aliphatic rings. The highest BCUT2D eigenvalue weighted by Gasteiger charge is 1.94. The lowest BCUT2D eigenvalue weighted by atomic mass is 10.4. The van der Waals surface area contributed by atoms with E-state index in [9.17, 15) is 0 Å². The van der Waals surface area contributed by atoms with Gasteiger partial charge in [0.25, 0.3) is 0 Å². The van der Waals surface area contributed by atoms with Crippen molar-refractivity contribution in [2.75, 3.05) is 0 Å². The van der Waals surface area contributed by atoms with E-state index in [-0.39, 0.29) is 0 Å². The van der Waals surface area contributed by atoms with Crippen molar-refractivity contribution in [2.45, 2.75) is 19.7 Å². The first-order valence-electron chi connectivity index (χ1n) is 5.84.